The number of rotatable bonds is 15. The van der Waals surface area contributed by atoms with Crippen molar-refractivity contribution in [2.75, 3.05) is 59.4 Å². The number of esters is 1. The molecule has 0 spiro atoms. The van der Waals surface area contributed by atoms with Crippen molar-refractivity contribution in [3.05, 3.63) is 0 Å². The smallest absolute Gasteiger partial charge is 0.308 e. The molecule has 0 aliphatic rings. The zero-order chi connectivity index (χ0) is 19.0. The van der Waals surface area contributed by atoms with Gasteiger partial charge >= 0.3 is 5.97 Å². The van der Waals surface area contributed by atoms with Crippen LogP contribution >= 0.6 is 0 Å². The zero-order valence-electron chi connectivity index (χ0n) is 15.6. The number of nitrogens with zero attached hydrogens (tertiary/aromatic N) is 1. The number of guanidine groups is 1. The highest BCUT2D eigenvalue weighted by Gasteiger charge is 2.15. The Morgan fingerprint density at radius 2 is 1.24 bits per heavy atom. The molecule has 0 saturated carbocycles. The van der Waals surface area contributed by atoms with E-state index in [-0.39, 0.29) is 18.3 Å². The lowest BCUT2D eigenvalue weighted by atomic mass is 10.2. The average Bonchev–Trinajstić information content (AvgIpc) is 2.49. The van der Waals surface area contributed by atoms with Gasteiger partial charge in [0.2, 0.25) is 0 Å². The molecule has 9 heteroatoms. The van der Waals surface area contributed by atoms with Gasteiger partial charge < -0.3 is 35.2 Å². The Labute approximate surface area is 150 Å². The van der Waals surface area contributed by atoms with E-state index in [1.165, 1.54) is 0 Å². The first kappa shape index (κ1) is 23.6. The van der Waals surface area contributed by atoms with Crippen molar-refractivity contribution in [3.63, 3.8) is 0 Å². The summed E-state index contributed by atoms with van der Waals surface area (Å²) in [5, 5.41) is 0. The third-order valence-corrected chi connectivity index (χ3v) is 2.52. The summed E-state index contributed by atoms with van der Waals surface area (Å²) in [5.41, 5.74) is 9.90. The van der Waals surface area contributed by atoms with Gasteiger partial charge in [-0.2, -0.15) is 0 Å². The molecular weight excluding hydrogens is 330 g/mol. The van der Waals surface area contributed by atoms with Crippen molar-refractivity contribution < 1.29 is 28.5 Å². The Kier molecular flexibility index (Phi) is 14.0. The second-order valence-corrected chi connectivity index (χ2v) is 6.09. The van der Waals surface area contributed by atoms with Gasteiger partial charge in [0.15, 0.2) is 5.96 Å². The highest BCUT2D eigenvalue weighted by atomic mass is 16.6. The molecule has 0 aromatic rings. The molecule has 0 heterocycles. The third-order valence-electron chi connectivity index (χ3n) is 2.52. The van der Waals surface area contributed by atoms with Gasteiger partial charge in [-0.05, 0) is 20.8 Å². The van der Waals surface area contributed by atoms with E-state index in [2.05, 4.69) is 4.99 Å². The van der Waals surface area contributed by atoms with Crippen LogP contribution in [0.2, 0.25) is 0 Å². The minimum Gasteiger partial charge on any atom is -0.460 e. The summed E-state index contributed by atoms with van der Waals surface area (Å²) in [6, 6.07) is 0. The van der Waals surface area contributed by atoms with Crippen LogP contribution in [0.25, 0.3) is 0 Å². The fourth-order valence-corrected chi connectivity index (χ4v) is 1.55. The highest BCUT2D eigenvalue weighted by molar-refractivity contribution is 5.75. The maximum absolute atomic E-state index is 11.4. The minimum absolute atomic E-state index is 0.0609. The van der Waals surface area contributed by atoms with Gasteiger partial charge in [-0.3, -0.25) is 9.79 Å². The second-order valence-electron chi connectivity index (χ2n) is 6.09. The van der Waals surface area contributed by atoms with E-state index < -0.39 is 5.60 Å². The number of nitrogens with two attached hydrogens (primary N) is 2. The molecule has 0 saturated heterocycles. The van der Waals surface area contributed by atoms with Crippen molar-refractivity contribution in [2.24, 2.45) is 16.5 Å². The number of ether oxygens (including phenoxy) is 5. The van der Waals surface area contributed by atoms with Crippen molar-refractivity contribution >= 4 is 11.9 Å². The lowest BCUT2D eigenvalue weighted by Crippen LogP contribution is -2.24. The van der Waals surface area contributed by atoms with E-state index in [1.807, 2.05) is 20.8 Å². The van der Waals surface area contributed by atoms with Crippen LogP contribution in [0.3, 0.4) is 0 Å². The van der Waals surface area contributed by atoms with Crippen LogP contribution in [-0.4, -0.2) is 76.9 Å². The van der Waals surface area contributed by atoms with Crippen molar-refractivity contribution in [1.29, 1.82) is 0 Å². The monoisotopic (exact) mass is 363 g/mol. The molecule has 0 rings (SSSR count). The second kappa shape index (κ2) is 14.9. The molecule has 25 heavy (non-hydrogen) atoms. The maximum atomic E-state index is 11.4. The van der Waals surface area contributed by atoms with Crippen LogP contribution in [-0.2, 0) is 28.5 Å². The molecule has 148 valence electrons. The Bertz CT molecular complexity index is 367. The molecule has 0 aromatic heterocycles. The van der Waals surface area contributed by atoms with Gasteiger partial charge in [0, 0.05) is 0 Å². The van der Waals surface area contributed by atoms with Crippen LogP contribution in [0.5, 0.6) is 0 Å². The first-order valence-corrected chi connectivity index (χ1v) is 8.39. The van der Waals surface area contributed by atoms with E-state index in [0.29, 0.717) is 59.4 Å². The van der Waals surface area contributed by atoms with Gasteiger partial charge in [-0.1, -0.05) is 0 Å². The Morgan fingerprint density at radius 1 is 0.800 bits per heavy atom. The Balaban J connectivity index is 3.19. The zero-order valence-corrected chi connectivity index (χ0v) is 15.6. The molecule has 0 aromatic carbocycles. The quantitative estimate of drug-likeness (QED) is 0.181. The standard InChI is InChI=1S/C16H33N3O6/c1-16(2,3)25-14(20)4-6-21-8-10-23-12-13-24-11-9-22-7-5-19-15(17)18/h4-13H2,1-3H3,(H4,17,18,19). The molecule has 9 nitrogen and oxygen atoms in total. The summed E-state index contributed by atoms with van der Waals surface area (Å²) < 4.78 is 26.4. The van der Waals surface area contributed by atoms with Gasteiger partial charge in [-0.25, -0.2) is 0 Å². The Morgan fingerprint density at radius 3 is 1.68 bits per heavy atom. The molecule has 0 atom stereocenters. The lowest BCUT2D eigenvalue weighted by Gasteiger charge is -2.19. The summed E-state index contributed by atoms with van der Waals surface area (Å²) in [5.74, 6) is -0.201. The van der Waals surface area contributed by atoms with Crippen LogP contribution in [0.4, 0.5) is 0 Å². The molecular formula is C16H33N3O6. The number of hydrogen-bond acceptors (Lipinski definition) is 7. The van der Waals surface area contributed by atoms with Crippen LogP contribution in [0.15, 0.2) is 4.99 Å². The van der Waals surface area contributed by atoms with Crippen molar-refractivity contribution in [3.8, 4) is 0 Å². The summed E-state index contributed by atoms with van der Waals surface area (Å²) in [6.07, 6.45) is 0.240. The molecule has 0 unspecified atom stereocenters. The van der Waals surface area contributed by atoms with Gasteiger partial charge in [-0.15, -0.1) is 0 Å². The van der Waals surface area contributed by atoms with Crippen LogP contribution < -0.4 is 11.5 Å². The predicted molar refractivity (Wildman–Crippen MR) is 94.4 cm³/mol. The van der Waals surface area contributed by atoms with Crippen LogP contribution in [0, 0.1) is 0 Å². The number of carbonyl (C=O) groups excluding carboxylic acids is 1. The topological polar surface area (TPSA) is 128 Å². The average molecular weight is 363 g/mol. The molecule has 0 fully saturated rings. The first-order chi connectivity index (χ1) is 11.8. The molecule has 0 aliphatic heterocycles. The highest BCUT2D eigenvalue weighted by Crippen LogP contribution is 2.07. The van der Waals surface area contributed by atoms with E-state index in [0.717, 1.165) is 0 Å². The predicted octanol–water partition coefficient (Wildman–Crippen LogP) is 0.0580. The van der Waals surface area contributed by atoms with Gasteiger partial charge in [0.05, 0.1) is 65.8 Å². The van der Waals surface area contributed by atoms with E-state index in [9.17, 15) is 4.79 Å². The van der Waals surface area contributed by atoms with Gasteiger partial charge in [0.25, 0.3) is 0 Å². The number of carbonyl (C=O) groups is 1. The normalized spacial score (nSPS) is 11.3. The van der Waals surface area contributed by atoms with Crippen molar-refractivity contribution in [1.82, 2.24) is 0 Å². The third kappa shape index (κ3) is 20.5. The SMILES string of the molecule is CC(C)(C)OC(=O)CCOCCOCCOCCOCCN=C(N)N. The molecule has 0 amide bonds. The fraction of sp³-hybridized carbons (Fsp3) is 0.875. The van der Waals surface area contributed by atoms with E-state index >= 15 is 0 Å². The van der Waals surface area contributed by atoms with Crippen LogP contribution in [0.1, 0.15) is 27.2 Å². The molecule has 0 radical (unpaired) electrons. The summed E-state index contributed by atoms with van der Waals surface area (Å²) in [4.78, 5) is 15.2. The van der Waals surface area contributed by atoms with Gasteiger partial charge in [0.1, 0.15) is 5.60 Å². The maximum Gasteiger partial charge on any atom is 0.308 e. The van der Waals surface area contributed by atoms with Crippen molar-refractivity contribution in [2.45, 2.75) is 32.8 Å². The molecule has 0 bridgehead atoms. The minimum atomic E-state index is -0.461. The number of hydrogen-bond donors (Lipinski definition) is 2. The lowest BCUT2D eigenvalue weighted by molar-refractivity contribution is -0.156. The van der Waals surface area contributed by atoms with E-state index in [1.54, 1.807) is 0 Å². The number of aliphatic imine (C=N–C) groups is 1. The summed E-state index contributed by atoms with van der Waals surface area (Å²) >= 11 is 0. The Hall–Kier alpha value is -1.42. The van der Waals surface area contributed by atoms with E-state index in [4.69, 9.17) is 35.2 Å². The first-order valence-electron chi connectivity index (χ1n) is 8.39. The fourth-order valence-electron chi connectivity index (χ4n) is 1.55. The molecule has 0 aliphatic carbocycles. The molecule has 4 N–H and O–H groups in total. The summed E-state index contributed by atoms with van der Waals surface area (Å²) in [7, 11) is 0. The largest absolute Gasteiger partial charge is 0.460 e. The summed E-state index contributed by atoms with van der Waals surface area (Å²) in [6.45, 7) is 9.53.